The fraction of sp³-hybridized carbons (Fsp3) is 0.371. The smallest absolute Gasteiger partial charge is 0.309 e. The highest BCUT2D eigenvalue weighted by atomic mass is 35.5. The van der Waals surface area contributed by atoms with E-state index in [1.807, 2.05) is 36.4 Å². The van der Waals surface area contributed by atoms with Gasteiger partial charge in [0.2, 0.25) is 11.8 Å². The van der Waals surface area contributed by atoms with Crippen LogP contribution in [0, 0.1) is 5.92 Å². The number of nitrogens with zero attached hydrogens (tertiary/aromatic N) is 5. The molecule has 4 heterocycles. The van der Waals surface area contributed by atoms with Crippen LogP contribution in [0.3, 0.4) is 0 Å². The molecular weight excluding hydrogens is 641 g/mol. The Morgan fingerprint density at radius 2 is 1.51 bits per heavy atom. The molecule has 4 aromatic rings. The summed E-state index contributed by atoms with van der Waals surface area (Å²) in [4.78, 5) is 30.2. The number of carbonyl (C=O) groups is 1. The molecule has 3 aliphatic rings. The van der Waals surface area contributed by atoms with E-state index in [-0.39, 0.29) is 18.1 Å². The Kier molecular flexibility index (Phi) is 8.80. The van der Waals surface area contributed by atoms with Gasteiger partial charge in [-0.3, -0.25) is 19.6 Å². The molecular formula is C35H35Cl2N5O5. The molecule has 2 aromatic carbocycles. The molecule has 2 aromatic heterocycles. The van der Waals surface area contributed by atoms with Crippen LogP contribution in [0.1, 0.15) is 29.3 Å². The molecule has 0 spiro atoms. The van der Waals surface area contributed by atoms with Crippen LogP contribution in [0.4, 0.5) is 0 Å². The molecule has 1 unspecified atom stereocenters. The Morgan fingerprint density at radius 3 is 2.13 bits per heavy atom. The van der Waals surface area contributed by atoms with Gasteiger partial charge in [-0.1, -0.05) is 59.6 Å². The number of benzene rings is 2. The van der Waals surface area contributed by atoms with Gasteiger partial charge < -0.3 is 19.3 Å². The molecule has 1 atom stereocenters. The predicted octanol–water partition coefficient (Wildman–Crippen LogP) is 6.03. The average molecular weight is 677 g/mol. The third kappa shape index (κ3) is 5.83. The lowest BCUT2D eigenvalue weighted by Gasteiger charge is -2.41. The molecule has 0 amide bonds. The Balaban J connectivity index is 1.18. The predicted molar refractivity (Wildman–Crippen MR) is 179 cm³/mol. The lowest BCUT2D eigenvalue weighted by atomic mass is 9.95. The minimum Gasteiger partial charge on any atom is -0.481 e. The molecule has 244 valence electrons. The first-order valence-electron chi connectivity index (χ1n) is 15.6. The van der Waals surface area contributed by atoms with Gasteiger partial charge >= 0.3 is 5.97 Å². The number of hydrogen-bond donors (Lipinski definition) is 1. The van der Waals surface area contributed by atoms with Crippen LogP contribution in [-0.2, 0) is 22.5 Å². The zero-order valence-corrected chi connectivity index (χ0v) is 27.9. The number of rotatable bonds is 10. The van der Waals surface area contributed by atoms with Gasteiger partial charge in [0, 0.05) is 73.7 Å². The topological polar surface area (TPSA) is 110 Å². The first-order valence-corrected chi connectivity index (χ1v) is 16.3. The third-order valence-corrected chi connectivity index (χ3v) is 10.3. The van der Waals surface area contributed by atoms with Crippen molar-refractivity contribution in [3.05, 3.63) is 75.5 Å². The number of likely N-dealkylation sites (tertiary alicyclic amines) is 2. The first kappa shape index (κ1) is 31.8. The normalized spacial score (nSPS) is 18.4. The van der Waals surface area contributed by atoms with E-state index < -0.39 is 5.97 Å². The zero-order chi connectivity index (χ0) is 32.8. The van der Waals surface area contributed by atoms with Gasteiger partial charge in [-0.2, -0.15) is 0 Å². The fourth-order valence-corrected chi connectivity index (χ4v) is 7.50. The number of aromatic nitrogens is 3. The van der Waals surface area contributed by atoms with Crippen molar-refractivity contribution in [3.8, 4) is 45.4 Å². The summed E-state index contributed by atoms with van der Waals surface area (Å²) in [6.45, 7) is 3.39. The van der Waals surface area contributed by atoms with Crippen LogP contribution < -0.4 is 9.47 Å². The lowest BCUT2D eigenvalue weighted by Crippen LogP contribution is -2.51. The largest absolute Gasteiger partial charge is 0.481 e. The number of pyridine rings is 1. The SMILES string of the molecule is COc1nc(-c2cccc(-c3cccc(-c4cc5c(c(OC)n4)C(N4CC(C(=O)O)C4)CC5)c3Cl)c2Cl)cnc1CN1CC(OC)C1. The van der Waals surface area contributed by atoms with E-state index in [1.165, 1.54) is 0 Å². The van der Waals surface area contributed by atoms with Crippen molar-refractivity contribution in [2.24, 2.45) is 5.92 Å². The second-order valence-corrected chi connectivity index (χ2v) is 13.0. The number of halogens is 2. The second kappa shape index (κ2) is 13.0. The highest BCUT2D eigenvalue weighted by Gasteiger charge is 2.41. The van der Waals surface area contributed by atoms with Crippen LogP contribution >= 0.6 is 23.2 Å². The highest BCUT2D eigenvalue weighted by Crippen LogP contribution is 2.47. The fourth-order valence-electron chi connectivity index (χ4n) is 6.85. The molecule has 2 saturated heterocycles. The molecule has 7 rings (SSSR count). The van der Waals surface area contributed by atoms with Crippen molar-refractivity contribution in [1.82, 2.24) is 24.8 Å². The Morgan fingerprint density at radius 1 is 0.894 bits per heavy atom. The van der Waals surface area contributed by atoms with Crippen molar-refractivity contribution in [1.29, 1.82) is 0 Å². The number of ether oxygens (including phenoxy) is 3. The van der Waals surface area contributed by atoms with Gasteiger partial charge in [0.1, 0.15) is 5.69 Å². The maximum absolute atomic E-state index is 11.4. The molecule has 2 fully saturated rings. The Hall–Kier alpha value is -3.80. The summed E-state index contributed by atoms with van der Waals surface area (Å²) in [6, 6.07) is 13.8. The molecule has 47 heavy (non-hydrogen) atoms. The van der Waals surface area contributed by atoms with Gasteiger partial charge in [0.05, 0.1) is 53.9 Å². The summed E-state index contributed by atoms with van der Waals surface area (Å²) in [6.07, 6.45) is 3.71. The number of carboxylic acids is 1. The first-order chi connectivity index (χ1) is 22.8. The minimum absolute atomic E-state index is 0.0926. The van der Waals surface area contributed by atoms with Crippen LogP contribution in [0.2, 0.25) is 10.0 Å². The number of methoxy groups -OCH3 is 3. The third-order valence-electron chi connectivity index (χ3n) is 9.50. The molecule has 0 saturated carbocycles. The monoisotopic (exact) mass is 675 g/mol. The van der Waals surface area contributed by atoms with Crippen molar-refractivity contribution in [3.63, 3.8) is 0 Å². The van der Waals surface area contributed by atoms with E-state index in [1.54, 1.807) is 27.5 Å². The zero-order valence-electron chi connectivity index (χ0n) is 26.4. The molecule has 0 radical (unpaired) electrons. The molecule has 1 aliphatic carbocycles. The van der Waals surface area contributed by atoms with E-state index in [2.05, 4.69) is 15.9 Å². The number of carboxylic acid groups (broad SMARTS) is 1. The maximum atomic E-state index is 11.4. The highest BCUT2D eigenvalue weighted by molar-refractivity contribution is 6.39. The molecule has 10 nitrogen and oxygen atoms in total. The van der Waals surface area contributed by atoms with Gasteiger partial charge in [-0.15, -0.1) is 0 Å². The summed E-state index contributed by atoms with van der Waals surface area (Å²) in [5.41, 5.74) is 7.23. The van der Waals surface area contributed by atoms with Crippen LogP contribution in [0.15, 0.2) is 48.7 Å². The Labute approximate surface area is 283 Å². The molecule has 2 aliphatic heterocycles. The van der Waals surface area contributed by atoms with Gasteiger partial charge in [0.15, 0.2) is 0 Å². The molecule has 1 N–H and O–H groups in total. The van der Waals surface area contributed by atoms with E-state index >= 15 is 0 Å². The molecule has 0 bridgehead atoms. The van der Waals surface area contributed by atoms with Crippen molar-refractivity contribution in [2.75, 3.05) is 47.5 Å². The van der Waals surface area contributed by atoms with E-state index in [0.29, 0.717) is 58.4 Å². The van der Waals surface area contributed by atoms with Gasteiger partial charge in [-0.05, 0) is 24.5 Å². The summed E-state index contributed by atoms with van der Waals surface area (Å²) >= 11 is 14.2. The molecule has 12 heteroatoms. The van der Waals surface area contributed by atoms with E-state index in [4.69, 9.17) is 52.4 Å². The minimum atomic E-state index is -0.746. The van der Waals surface area contributed by atoms with E-state index in [0.717, 1.165) is 59.4 Å². The Bertz CT molecular complexity index is 1840. The van der Waals surface area contributed by atoms with Crippen molar-refractivity contribution in [2.45, 2.75) is 31.5 Å². The van der Waals surface area contributed by atoms with Crippen molar-refractivity contribution >= 4 is 29.2 Å². The summed E-state index contributed by atoms with van der Waals surface area (Å²) in [5.74, 6) is -0.0645. The summed E-state index contributed by atoms with van der Waals surface area (Å²) < 4.78 is 16.8. The second-order valence-electron chi connectivity index (χ2n) is 12.2. The van der Waals surface area contributed by atoms with Gasteiger partial charge in [-0.25, -0.2) is 9.97 Å². The van der Waals surface area contributed by atoms with Crippen LogP contribution in [0.25, 0.3) is 33.6 Å². The van der Waals surface area contributed by atoms with E-state index in [9.17, 15) is 9.90 Å². The van der Waals surface area contributed by atoms with Crippen molar-refractivity contribution < 1.29 is 24.1 Å². The number of aryl methyl sites for hydroxylation is 1. The van der Waals surface area contributed by atoms with Crippen LogP contribution in [-0.4, -0.2) is 89.4 Å². The van der Waals surface area contributed by atoms with Crippen LogP contribution in [0.5, 0.6) is 11.8 Å². The summed E-state index contributed by atoms with van der Waals surface area (Å²) in [5, 5.41) is 10.4. The standard InChI is InChI=1S/C35H35Cl2N5O5/c1-45-21-16-41(17-21)18-28-33(46-2)40-27(13-38-28)25-9-5-7-23(32(25)37)22-6-4-8-24(31(22)36)26-12-19-10-11-29(30(19)34(39-26)47-3)42-14-20(15-42)35(43)44/h4-9,12-13,20-21,29H,10-11,14-18H2,1-3H3,(H,43,44). The number of fused-ring (bicyclic) bond motifs is 1. The number of aliphatic carboxylic acids is 1. The van der Waals surface area contributed by atoms with Gasteiger partial charge in [0.25, 0.3) is 0 Å². The lowest BCUT2D eigenvalue weighted by molar-refractivity contribution is -0.148. The summed E-state index contributed by atoms with van der Waals surface area (Å²) in [7, 11) is 4.94. The maximum Gasteiger partial charge on any atom is 0.309 e. The number of hydrogen-bond acceptors (Lipinski definition) is 9. The quantitative estimate of drug-likeness (QED) is 0.214. The average Bonchev–Trinajstić information content (AvgIpc) is 3.45.